The van der Waals surface area contributed by atoms with E-state index in [-0.39, 0.29) is 5.56 Å². The van der Waals surface area contributed by atoms with Gasteiger partial charge in [-0.15, -0.1) is 0 Å². The lowest BCUT2D eigenvalue weighted by Gasteiger charge is -2.03. The van der Waals surface area contributed by atoms with Crippen LogP contribution in [0.5, 0.6) is 0 Å². The van der Waals surface area contributed by atoms with E-state index in [1.54, 1.807) is 10.7 Å². The lowest BCUT2D eigenvalue weighted by molar-refractivity contribution is 0.538. The molecule has 0 saturated carbocycles. The van der Waals surface area contributed by atoms with Gasteiger partial charge in [0.25, 0.3) is 5.56 Å². The fraction of sp³-hybridized carbons (Fsp3) is 0.625. The molecule has 0 aliphatic rings. The zero-order chi connectivity index (χ0) is 19.2. The highest BCUT2D eigenvalue weighted by Gasteiger charge is 2.04. The summed E-state index contributed by atoms with van der Waals surface area (Å²) in [6.45, 7) is 2.28. The van der Waals surface area contributed by atoms with Gasteiger partial charge in [-0.1, -0.05) is 102 Å². The lowest BCUT2D eigenvalue weighted by atomic mass is 10.0. The second kappa shape index (κ2) is 13.4. The maximum atomic E-state index is 12.1. The first-order valence-electron chi connectivity index (χ1n) is 11.2. The van der Waals surface area contributed by atoms with Crippen LogP contribution in [0.2, 0.25) is 0 Å². The molecule has 0 amide bonds. The van der Waals surface area contributed by atoms with Crippen LogP contribution in [0, 0.1) is 0 Å². The molecule has 1 heterocycles. The van der Waals surface area contributed by atoms with Gasteiger partial charge in [-0.25, -0.2) is 4.68 Å². The second-order valence-electron chi connectivity index (χ2n) is 7.78. The van der Waals surface area contributed by atoms with E-state index in [0.29, 0.717) is 0 Å². The third kappa shape index (κ3) is 8.64. The van der Waals surface area contributed by atoms with Gasteiger partial charge < -0.3 is 0 Å². The Morgan fingerprint density at radius 3 is 1.81 bits per heavy atom. The number of aromatic amines is 1. The Bertz CT molecular complexity index is 657. The topological polar surface area (TPSA) is 37.8 Å². The average molecular weight is 371 g/mol. The van der Waals surface area contributed by atoms with Crippen LogP contribution in [0.4, 0.5) is 0 Å². The number of benzene rings is 1. The van der Waals surface area contributed by atoms with E-state index < -0.39 is 0 Å². The molecule has 0 aliphatic carbocycles. The highest BCUT2D eigenvalue weighted by atomic mass is 16.1. The van der Waals surface area contributed by atoms with E-state index in [4.69, 9.17) is 0 Å². The fourth-order valence-electron chi connectivity index (χ4n) is 3.67. The van der Waals surface area contributed by atoms with Crippen LogP contribution in [0.25, 0.3) is 5.69 Å². The first-order chi connectivity index (χ1) is 13.3. The summed E-state index contributed by atoms with van der Waals surface area (Å²) in [7, 11) is 0. The van der Waals surface area contributed by atoms with Gasteiger partial charge >= 0.3 is 0 Å². The zero-order valence-electron chi connectivity index (χ0n) is 17.2. The van der Waals surface area contributed by atoms with Gasteiger partial charge in [0.05, 0.1) is 5.69 Å². The Balaban J connectivity index is 1.49. The van der Waals surface area contributed by atoms with Crippen LogP contribution >= 0.6 is 0 Å². The van der Waals surface area contributed by atoms with Crippen molar-refractivity contribution in [1.82, 2.24) is 9.78 Å². The van der Waals surface area contributed by atoms with Crippen LogP contribution in [0.1, 0.15) is 96.1 Å². The van der Waals surface area contributed by atoms with Crippen molar-refractivity contribution in [3.05, 3.63) is 52.4 Å². The standard InChI is InChI=1S/C24H38N2O/c1-2-3-4-5-6-7-8-9-10-11-12-13-15-18-22-21-24(27)26(25-22)23-19-16-14-17-20-23/h14,16-17,19-21,25H,2-13,15,18H2,1H3. The number of aromatic nitrogens is 2. The van der Waals surface area contributed by atoms with Crippen LogP contribution in [0.15, 0.2) is 41.2 Å². The van der Waals surface area contributed by atoms with Crippen LogP contribution in [0.3, 0.4) is 0 Å². The summed E-state index contributed by atoms with van der Waals surface area (Å²) in [5.41, 5.74) is 1.98. The third-order valence-corrected chi connectivity index (χ3v) is 5.34. The summed E-state index contributed by atoms with van der Waals surface area (Å²) in [5.74, 6) is 0. The molecule has 1 aromatic heterocycles. The molecule has 0 bridgehead atoms. The van der Waals surface area contributed by atoms with Gasteiger partial charge in [0.2, 0.25) is 0 Å². The Morgan fingerprint density at radius 1 is 0.741 bits per heavy atom. The Labute approximate surface area is 165 Å². The minimum absolute atomic E-state index is 0.0332. The first-order valence-corrected chi connectivity index (χ1v) is 11.2. The van der Waals surface area contributed by atoms with Gasteiger partial charge in [0.1, 0.15) is 0 Å². The summed E-state index contributed by atoms with van der Waals surface area (Å²) >= 11 is 0. The number of hydrogen-bond acceptors (Lipinski definition) is 1. The molecule has 0 spiro atoms. The third-order valence-electron chi connectivity index (χ3n) is 5.34. The number of H-pyrrole nitrogens is 1. The summed E-state index contributed by atoms with van der Waals surface area (Å²) < 4.78 is 1.64. The predicted molar refractivity (Wildman–Crippen MR) is 116 cm³/mol. The lowest BCUT2D eigenvalue weighted by Crippen LogP contribution is -2.12. The number of aryl methyl sites for hydroxylation is 1. The number of nitrogens with zero attached hydrogens (tertiary/aromatic N) is 1. The van der Waals surface area contributed by atoms with Gasteiger partial charge in [0, 0.05) is 11.8 Å². The minimum atomic E-state index is 0.0332. The molecule has 2 aromatic rings. The molecule has 3 nitrogen and oxygen atoms in total. The molecule has 0 aliphatic heterocycles. The van der Waals surface area contributed by atoms with E-state index in [1.807, 2.05) is 30.3 Å². The first kappa shape index (κ1) is 21.5. The molecule has 27 heavy (non-hydrogen) atoms. The molecular formula is C24H38N2O. The van der Waals surface area contributed by atoms with Crippen molar-refractivity contribution < 1.29 is 0 Å². The van der Waals surface area contributed by atoms with Crippen LogP contribution < -0.4 is 5.56 Å². The average Bonchev–Trinajstić information content (AvgIpc) is 3.06. The zero-order valence-corrected chi connectivity index (χ0v) is 17.2. The summed E-state index contributed by atoms with van der Waals surface area (Å²) in [4.78, 5) is 12.1. The maximum absolute atomic E-state index is 12.1. The van der Waals surface area contributed by atoms with Crippen molar-refractivity contribution >= 4 is 0 Å². The number of unbranched alkanes of at least 4 members (excludes halogenated alkanes) is 12. The minimum Gasteiger partial charge on any atom is -0.295 e. The summed E-state index contributed by atoms with van der Waals surface area (Å²) in [5, 5.41) is 3.25. The molecule has 1 aromatic carbocycles. The summed E-state index contributed by atoms with van der Waals surface area (Å²) in [6.07, 6.45) is 18.7. The molecular weight excluding hydrogens is 332 g/mol. The molecule has 2 rings (SSSR count). The van der Waals surface area contributed by atoms with Gasteiger partial charge in [-0.3, -0.25) is 9.89 Å². The van der Waals surface area contributed by atoms with E-state index >= 15 is 0 Å². The number of nitrogens with one attached hydrogen (secondary N) is 1. The van der Waals surface area contributed by atoms with E-state index in [2.05, 4.69) is 12.0 Å². The van der Waals surface area contributed by atoms with Crippen molar-refractivity contribution in [2.75, 3.05) is 0 Å². The smallest absolute Gasteiger partial charge is 0.271 e. The highest BCUT2D eigenvalue weighted by Crippen LogP contribution is 2.13. The molecule has 0 saturated heterocycles. The van der Waals surface area contributed by atoms with Crippen molar-refractivity contribution in [1.29, 1.82) is 0 Å². The predicted octanol–water partition coefficient (Wildman–Crippen LogP) is 6.80. The van der Waals surface area contributed by atoms with E-state index in [0.717, 1.165) is 24.2 Å². The normalized spacial score (nSPS) is 11.1. The monoisotopic (exact) mass is 370 g/mol. The van der Waals surface area contributed by atoms with Gasteiger partial charge in [0.15, 0.2) is 0 Å². The molecule has 0 fully saturated rings. The number of hydrogen-bond donors (Lipinski definition) is 1. The Kier molecular flexibility index (Phi) is 10.7. The summed E-state index contributed by atoms with van der Waals surface area (Å²) in [6, 6.07) is 11.5. The number of para-hydroxylation sites is 1. The van der Waals surface area contributed by atoms with Crippen molar-refractivity contribution in [3.8, 4) is 5.69 Å². The molecule has 150 valence electrons. The SMILES string of the molecule is CCCCCCCCCCCCCCCc1cc(=O)n(-c2ccccc2)[nH]1. The van der Waals surface area contributed by atoms with Crippen molar-refractivity contribution in [2.24, 2.45) is 0 Å². The van der Waals surface area contributed by atoms with E-state index in [1.165, 1.54) is 77.0 Å². The quantitative estimate of drug-likeness (QED) is 0.344. The molecule has 0 atom stereocenters. The Morgan fingerprint density at radius 2 is 1.26 bits per heavy atom. The molecule has 0 unspecified atom stereocenters. The number of rotatable bonds is 15. The maximum Gasteiger partial charge on any atom is 0.271 e. The molecule has 1 N–H and O–H groups in total. The van der Waals surface area contributed by atoms with Crippen LogP contribution in [-0.2, 0) is 6.42 Å². The molecule has 0 radical (unpaired) electrons. The fourth-order valence-corrected chi connectivity index (χ4v) is 3.67. The van der Waals surface area contributed by atoms with Gasteiger partial charge in [-0.2, -0.15) is 0 Å². The molecule has 3 heteroatoms. The highest BCUT2D eigenvalue weighted by molar-refractivity contribution is 5.30. The largest absolute Gasteiger partial charge is 0.295 e. The second-order valence-corrected chi connectivity index (χ2v) is 7.78. The Hall–Kier alpha value is -1.77. The van der Waals surface area contributed by atoms with Crippen molar-refractivity contribution in [3.63, 3.8) is 0 Å². The van der Waals surface area contributed by atoms with E-state index in [9.17, 15) is 4.79 Å². The van der Waals surface area contributed by atoms with Crippen molar-refractivity contribution in [2.45, 2.75) is 96.8 Å². The van der Waals surface area contributed by atoms with Gasteiger partial charge in [-0.05, 0) is 25.0 Å². The van der Waals surface area contributed by atoms with Crippen LogP contribution in [-0.4, -0.2) is 9.78 Å².